The van der Waals surface area contributed by atoms with Gasteiger partial charge in [0.15, 0.2) is 0 Å². The molecule has 19 heavy (non-hydrogen) atoms. The second kappa shape index (κ2) is 6.17. The standard InChI is InChI=1S/C15H23N3O/c1-4-18-15-8-6-5-7-13(15)14(17-18)10-12(16)9-11(2)19-3/h5-8,11-12H,4,9-10,16H2,1-3H3. The maximum absolute atomic E-state index is 6.19. The van der Waals surface area contributed by atoms with Gasteiger partial charge in [-0.1, -0.05) is 18.2 Å². The van der Waals surface area contributed by atoms with E-state index in [9.17, 15) is 0 Å². The number of nitrogens with two attached hydrogens (primary N) is 1. The summed E-state index contributed by atoms with van der Waals surface area (Å²) in [5.74, 6) is 0. The van der Waals surface area contributed by atoms with Crippen molar-refractivity contribution >= 4 is 10.9 Å². The van der Waals surface area contributed by atoms with Crippen LogP contribution >= 0.6 is 0 Å². The van der Waals surface area contributed by atoms with Gasteiger partial charge in [0, 0.05) is 31.5 Å². The average molecular weight is 261 g/mol. The normalized spacial score (nSPS) is 14.7. The Kier molecular flexibility index (Phi) is 4.56. The lowest BCUT2D eigenvalue weighted by molar-refractivity contribution is 0.104. The molecule has 0 aliphatic heterocycles. The number of methoxy groups -OCH3 is 1. The second-order valence-electron chi connectivity index (χ2n) is 5.03. The van der Waals surface area contributed by atoms with E-state index in [0.29, 0.717) is 0 Å². The summed E-state index contributed by atoms with van der Waals surface area (Å²) < 4.78 is 7.31. The topological polar surface area (TPSA) is 53.1 Å². The number of hydrogen-bond donors (Lipinski definition) is 1. The molecule has 2 N–H and O–H groups in total. The third kappa shape index (κ3) is 3.14. The fourth-order valence-electron chi connectivity index (χ4n) is 2.44. The van der Waals surface area contributed by atoms with E-state index in [0.717, 1.165) is 25.1 Å². The molecule has 0 aliphatic carbocycles. The molecule has 0 amide bonds. The molecule has 4 nitrogen and oxygen atoms in total. The molecule has 2 unspecified atom stereocenters. The van der Waals surface area contributed by atoms with Crippen molar-refractivity contribution in [2.75, 3.05) is 7.11 Å². The van der Waals surface area contributed by atoms with E-state index in [1.54, 1.807) is 7.11 Å². The Morgan fingerprint density at radius 2 is 2.11 bits per heavy atom. The van der Waals surface area contributed by atoms with Gasteiger partial charge in [0.05, 0.1) is 17.3 Å². The van der Waals surface area contributed by atoms with E-state index in [1.165, 1.54) is 10.9 Å². The van der Waals surface area contributed by atoms with Gasteiger partial charge in [0.2, 0.25) is 0 Å². The third-order valence-corrected chi connectivity index (χ3v) is 3.53. The van der Waals surface area contributed by atoms with E-state index in [4.69, 9.17) is 10.5 Å². The van der Waals surface area contributed by atoms with Crippen molar-refractivity contribution in [3.8, 4) is 0 Å². The van der Waals surface area contributed by atoms with Crippen LogP contribution in [0.25, 0.3) is 10.9 Å². The molecule has 4 heteroatoms. The first-order chi connectivity index (χ1) is 9.15. The van der Waals surface area contributed by atoms with Gasteiger partial charge < -0.3 is 10.5 Å². The molecule has 104 valence electrons. The summed E-state index contributed by atoms with van der Waals surface area (Å²) in [6, 6.07) is 8.41. The van der Waals surface area contributed by atoms with Gasteiger partial charge in [-0.05, 0) is 26.3 Å². The smallest absolute Gasteiger partial charge is 0.0718 e. The van der Waals surface area contributed by atoms with Crippen LogP contribution < -0.4 is 5.73 Å². The van der Waals surface area contributed by atoms with Gasteiger partial charge in [0.25, 0.3) is 0 Å². The molecular formula is C15H23N3O. The molecule has 0 spiro atoms. The first-order valence-electron chi connectivity index (χ1n) is 6.88. The Balaban J connectivity index is 2.21. The summed E-state index contributed by atoms with van der Waals surface area (Å²) in [5, 5.41) is 5.89. The molecule has 2 atom stereocenters. The van der Waals surface area contributed by atoms with Crippen LogP contribution in [0.4, 0.5) is 0 Å². The monoisotopic (exact) mass is 261 g/mol. The molecule has 1 aromatic carbocycles. The maximum Gasteiger partial charge on any atom is 0.0718 e. The largest absolute Gasteiger partial charge is 0.382 e. The van der Waals surface area contributed by atoms with Gasteiger partial charge in [-0.3, -0.25) is 4.68 Å². The fraction of sp³-hybridized carbons (Fsp3) is 0.533. The van der Waals surface area contributed by atoms with Gasteiger partial charge in [-0.15, -0.1) is 0 Å². The van der Waals surface area contributed by atoms with Crippen molar-refractivity contribution in [2.45, 2.75) is 45.4 Å². The molecule has 0 saturated heterocycles. The van der Waals surface area contributed by atoms with Crippen LogP contribution in [0.15, 0.2) is 24.3 Å². The highest BCUT2D eigenvalue weighted by molar-refractivity contribution is 5.82. The van der Waals surface area contributed by atoms with Crippen molar-refractivity contribution in [3.63, 3.8) is 0 Å². The number of aryl methyl sites for hydroxylation is 1. The first kappa shape index (κ1) is 14.0. The summed E-state index contributed by atoms with van der Waals surface area (Å²) in [7, 11) is 1.72. The number of hydrogen-bond acceptors (Lipinski definition) is 3. The summed E-state index contributed by atoms with van der Waals surface area (Å²) >= 11 is 0. The Labute approximate surface area is 114 Å². The van der Waals surface area contributed by atoms with E-state index in [1.807, 2.05) is 17.7 Å². The van der Waals surface area contributed by atoms with Crippen molar-refractivity contribution in [1.82, 2.24) is 9.78 Å². The molecule has 0 aliphatic rings. The van der Waals surface area contributed by atoms with Crippen LogP contribution in [0.5, 0.6) is 0 Å². The van der Waals surface area contributed by atoms with E-state index < -0.39 is 0 Å². The fourth-order valence-corrected chi connectivity index (χ4v) is 2.44. The summed E-state index contributed by atoms with van der Waals surface area (Å²) in [6.07, 6.45) is 1.83. The predicted octanol–water partition coefficient (Wildman–Crippen LogP) is 2.35. The Morgan fingerprint density at radius 1 is 1.37 bits per heavy atom. The number of fused-ring (bicyclic) bond motifs is 1. The first-order valence-corrected chi connectivity index (χ1v) is 6.88. The van der Waals surface area contributed by atoms with Crippen LogP contribution in [0.3, 0.4) is 0 Å². The molecule has 1 aromatic heterocycles. The van der Waals surface area contributed by atoms with Gasteiger partial charge in [-0.25, -0.2) is 0 Å². The van der Waals surface area contributed by atoms with Crippen LogP contribution in [0, 0.1) is 0 Å². The maximum atomic E-state index is 6.19. The van der Waals surface area contributed by atoms with Crippen LogP contribution in [-0.2, 0) is 17.7 Å². The molecule has 0 saturated carbocycles. The number of para-hydroxylation sites is 1. The minimum absolute atomic E-state index is 0.0820. The van der Waals surface area contributed by atoms with Gasteiger partial charge in [0.1, 0.15) is 0 Å². The quantitative estimate of drug-likeness (QED) is 0.868. The highest BCUT2D eigenvalue weighted by atomic mass is 16.5. The van der Waals surface area contributed by atoms with Gasteiger partial charge in [-0.2, -0.15) is 5.10 Å². The van der Waals surface area contributed by atoms with Crippen molar-refractivity contribution < 1.29 is 4.74 Å². The zero-order valence-electron chi connectivity index (χ0n) is 12.0. The highest BCUT2D eigenvalue weighted by Crippen LogP contribution is 2.20. The van der Waals surface area contributed by atoms with Crippen LogP contribution in [0.1, 0.15) is 26.0 Å². The van der Waals surface area contributed by atoms with E-state index in [-0.39, 0.29) is 12.1 Å². The molecular weight excluding hydrogens is 238 g/mol. The molecule has 0 bridgehead atoms. The summed E-state index contributed by atoms with van der Waals surface area (Å²) in [6.45, 7) is 5.03. The van der Waals surface area contributed by atoms with Gasteiger partial charge >= 0.3 is 0 Å². The molecule has 0 radical (unpaired) electrons. The van der Waals surface area contributed by atoms with Crippen molar-refractivity contribution in [1.29, 1.82) is 0 Å². The molecule has 2 rings (SSSR count). The lowest BCUT2D eigenvalue weighted by Gasteiger charge is -2.15. The van der Waals surface area contributed by atoms with E-state index in [2.05, 4.69) is 30.2 Å². The van der Waals surface area contributed by atoms with Crippen molar-refractivity contribution in [2.24, 2.45) is 5.73 Å². The zero-order valence-corrected chi connectivity index (χ0v) is 12.0. The number of benzene rings is 1. The summed E-state index contributed by atoms with van der Waals surface area (Å²) in [4.78, 5) is 0. The van der Waals surface area contributed by atoms with E-state index >= 15 is 0 Å². The third-order valence-electron chi connectivity index (χ3n) is 3.53. The zero-order chi connectivity index (χ0) is 13.8. The Hall–Kier alpha value is -1.39. The van der Waals surface area contributed by atoms with Crippen LogP contribution in [-0.4, -0.2) is 29.0 Å². The number of rotatable bonds is 6. The van der Waals surface area contributed by atoms with Crippen LogP contribution in [0.2, 0.25) is 0 Å². The molecule has 1 heterocycles. The Morgan fingerprint density at radius 3 is 2.79 bits per heavy atom. The molecule has 0 fully saturated rings. The molecule has 2 aromatic rings. The SMILES string of the molecule is CCn1nc(CC(N)CC(C)OC)c2ccccc21. The predicted molar refractivity (Wildman–Crippen MR) is 78.2 cm³/mol. The minimum atomic E-state index is 0.0820. The lowest BCUT2D eigenvalue weighted by Crippen LogP contribution is -2.28. The number of ether oxygens (including phenoxy) is 1. The Bertz CT molecular complexity index is 535. The van der Waals surface area contributed by atoms with Crippen molar-refractivity contribution in [3.05, 3.63) is 30.0 Å². The average Bonchev–Trinajstić information content (AvgIpc) is 2.77. The number of aromatic nitrogens is 2. The minimum Gasteiger partial charge on any atom is -0.382 e. The second-order valence-corrected chi connectivity index (χ2v) is 5.03. The lowest BCUT2D eigenvalue weighted by atomic mass is 10.0. The highest BCUT2D eigenvalue weighted by Gasteiger charge is 2.14. The summed E-state index contributed by atoms with van der Waals surface area (Å²) in [5.41, 5.74) is 8.47. The number of nitrogens with zero attached hydrogens (tertiary/aromatic N) is 2.